The van der Waals surface area contributed by atoms with Crippen molar-refractivity contribution in [3.63, 3.8) is 0 Å². The van der Waals surface area contributed by atoms with E-state index in [0.29, 0.717) is 5.82 Å². The second-order valence-electron chi connectivity index (χ2n) is 15.6. The maximum atomic E-state index is 5.26. The predicted octanol–water partition coefficient (Wildman–Crippen LogP) is 15.5. The largest absolute Gasteiger partial charge is 0.248 e. The Morgan fingerprint density at radius 3 is 1.27 bits per heavy atom. The lowest BCUT2D eigenvalue weighted by atomic mass is 9.94. The monoisotopic (exact) mass is 789 g/mol. The Labute approximate surface area is 361 Å². The first kappa shape index (κ1) is 36.8. The van der Waals surface area contributed by atoms with Crippen LogP contribution in [0, 0.1) is 0 Å². The molecule has 0 saturated heterocycles. The molecule has 0 aliphatic carbocycles. The molecule has 11 aromatic rings. The summed E-state index contributed by atoms with van der Waals surface area (Å²) in [6, 6.07) is 83.4. The van der Waals surface area contributed by atoms with Crippen molar-refractivity contribution in [2.45, 2.75) is 0 Å². The van der Waals surface area contributed by atoms with Crippen LogP contribution in [0.5, 0.6) is 0 Å². The van der Waals surface area contributed by atoms with E-state index >= 15 is 0 Å². The third-order valence-corrected chi connectivity index (χ3v) is 11.7. The number of pyridine rings is 1. The van der Waals surface area contributed by atoms with Gasteiger partial charge in [-0.3, -0.25) is 0 Å². The summed E-state index contributed by atoms with van der Waals surface area (Å²) in [6.45, 7) is 0. The number of hydrogen-bond acceptors (Lipinski definition) is 3. The van der Waals surface area contributed by atoms with Gasteiger partial charge < -0.3 is 0 Å². The zero-order valence-corrected chi connectivity index (χ0v) is 33.9. The third kappa shape index (κ3) is 7.23. The highest BCUT2D eigenvalue weighted by Crippen LogP contribution is 2.38. The molecule has 0 atom stereocenters. The highest BCUT2D eigenvalue weighted by atomic mass is 14.9. The lowest BCUT2D eigenvalue weighted by Crippen LogP contribution is -1.96. The van der Waals surface area contributed by atoms with E-state index in [1.807, 2.05) is 12.1 Å². The average molecular weight is 790 g/mol. The Hall–Kier alpha value is -8.27. The topological polar surface area (TPSA) is 38.7 Å². The van der Waals surface area contributed by atoms with E-state index in [2.05, 4.69) is 224 Å². The number of hydrogen-bond donors (Lipinski definition) is 0. The fourth-order valence-corrected chi connectivity index (χ4v) is 8.47. The summed E-state index contributed by atoms with van der Waals surface area (Å²) in [5.74, 6) is 0.687. The molecule has 62 heavy (non-hydrogen) atoms. The quantitative estimate of drug-likeness (QED) is 0.144. The number of rotatable bonds is 8. The van der Waals surface area contributed by atoms with E-state index in [9.17, 15) is 0 Å². The van der Waals surface area contributed by atoms with Gasteiger partial charge in [0.1, 0.15) is 0 Å². The van der Waals surface area contributed by atoms with Crippen molar-refractivity contribution in [3.05, 3.63) is 237 Å². The van der Waals surface area contributed by atoms with E-state index in [-0.39, 0.29) is 0 Å². The van der Waals surface area contributed by atoms with Gasteiger partial charge in [0.2, 0.25) is 0 Å². The molecule has 0 radical (unpaired) electrons. The van der Waals surface area contributed by atoms with E-state index in [1.54, 1.807) is 0 Å². The molecule has 3 heteroatoms. The maximum absolute atomic E-state index is 5.26. The second kappa shape index (κ2) is 16.1. The lowest BCUT2D eigenvalue weighted by Gasteiger charge is -2.14. The Bertz CT molecular complexity index is 3240. The highest BCUT2D eigenvalue weighted by molar-refractivity contribution is 6.13. The molecule has 0 aliphatic rings. The van der Waals surface area contributed by atoms with Gasteiger partial charge in [0, 0.05) is 27.6 Å². The van der Waals surface area contributed by atoms with Gasteiger partial charge in [0.05, 0.1) is 22.6 Å². The van der Waals surface area contributed by atoms with Gasteiger partial charge >= 0.3 is 0 Å². The van der Waals surface area contributed by atoms with Crippen LogP contribution in [0.25, 0.3) is 111 Å². The number of aromatic nitrogens is 3. The van der Waals surface area contributed by atoms with E-state index in [0.717, 1.165) is 61.5 Å². The van der Waals surface area contributed by atoms with Gasteiger partial charge in [-0.25, -0.2) is 15.0 Å². The van der Waals surface area contributed by atoms with Crippen molar-refractivity contribution < 1.29 is 0 Å². The minimum absolute atomic E-state index is 0.687. The molecule has 2 aromatic heterocycles. The molecular weight excluding hydrogens is 751 g/mol. The summed E-state index contributed by atoms with van der Waals surface area (Å²) in [6.07, 6.45) is 0. The van der Waals surface area contributed by atoms with Crippen LogP contribution in [0.4, 0.5) is 0 Å². The van der Waals surface area contributed by atoms with E-state index < -0.39 is 0 Å². The van der Waals surface area contributed by atoms with Crippen molar-refractivity contribution in [2.75, 3.05) is 0 Å². The van der Waals surface area contributed by atoms with Crippen LogP contribution in [0.1, 0.15) is 0 Å². The van der Waals surface area contributed by atoms with Gasteiger partial charge in [0.25, 0.3) is 0 Å². The Morgan fingerprint density at radius 2 is 0.677 bits per heavy atom. The van der Waals surface area contributed by atoms with Crippen LogP contribution in [-0.4, -0.2) is 15.0 Å². The first-order valence-corrected chi connectivity index (χ1v) is 21.0. The summed E-state index contributed by atoms with van der Waals surface area (Å²) in [4.78, 5) is 15.6. The van der Waals surface area contributed by atoms with E-state index in [4.69, 9.17) is 15.0 Å². The van der Waals surface area contributed by atoms with Crippen LogP contribution >= 0.6 is 0 Å². The molecule has 0 N–H and O–H groups in total. The zero-order chi connectivity index (χ0) is 41.2. The van der Waals surface area contributed by atoms with Gasteiger partial charge in [-0.2, -0.15) is 0 Å². The normalized spacial score (nSPS) is 11.2. The van der Waals surface area contributed by atoms with Crippen molar-refractivity contribution in [2.24, 2.45) is 0 Å². The number of benzene rings is 9. The molecule has 0 aliphatic heterocycles. The van der Waals surface area contributed by atoms with Crippen LogP contribution in [0.15, 0.2) is 237 Å². The second-order valence-corrected chi connectivity index (χ2v) is 15.6. The van der Waals surface area contributed by atoms with Crippen LogP contribution < -0.4 is 0 Å². The average Bonchev–Trinajstić information content (AvgIpc) is 3.37. The fraction of sp³-hybridized carbons (Fsp3) is 0. The van der Waals surface area contributed by atoms with Gasteiger partial charge in [-0.05, 0) is 79.5 Å². The molecular formula is C59H39N3. The van der Waals surface area contributed by atoms with Crippen LogP contribution in [0.2, 0.25) is 0 Å². The molecule has 2 heterocycles. The van der Waals surface area contributed by atoms with Gasteiger partial charge in [0.15, 0.2) is 5.82 Å². The van der Waals surface area contributed by atoms with Crippen molar-refractivity contribution in [1.82, 2.24) is 15.0 Å². The highest BCUT2D eigenvalue weighted by Gasteiger charge is 2.15. The summed E-state index contributed by atoms with van der Waals surface area (Å²) < 4.78 is 0. The molecule has 9 aromatic carbocycles. The molecule has 0 bridgehead atoms. The third-order valence-electron chi connectivity index (χ3n) is 11.7. The lowest BCUT2D eigenvalue weighted by molar-refractivity contribution is 1.18. The molecule has 0 saturated carbocycles. The smallest absolute Gasteiger partial charge is 0.160 e. The van der Waals surface area contributed by atoms with Crippen LogP contribution in [0.3, 0.4) is 0 Å². The molecule has 290 valence electrons. The molecule has 0 fully saturated rings. The number of nitrogens with zero attached hydrogens (tertiary/aromatic N) is 3. The summed E-state index contributed by atoms with van der Waals surface area (Å²) in [5.41, 5.74) is 17.0. The Balaban J connectivity index is 0.954. The molecule has 0 spiro atoms. The summed E-state index contributed by atoms with van der Waals surface area (Å²) in [5, 5.41) is 3.59. The van der Waals surface area contributed by atoms with Crippen molar-refractivity contribution in [3.8, 4) is 89.7 Å². The molecule has 0 unspecified atom stereocenters. The standard InChI is InChI=1S/C59H39N3/c1-4-13-40(14-5-1)42-23-29-47(30-24-42)56-39-57(62-59(61-56)49-33-27-43(28-34-49)41-15-6-2-7-16-41)48-31-25-44(26-32-48)50-20-12-21-51(37-50)55-38-53(45-17-8-3-9-18-45)58-52-22-11-10-19-46(52)35-36-54(58)60-55/h1-39H. The van der Waals surface area contributed by atoms with Crippen molar-refractivity contribution >= 4 is 21.7 Å². The Kier molecular flexibility index (Phi) is 9.53. The molecule has 3 nitrogen and oxygen atoms in total. The molecule has 11 rings (SSSR count). The van der Waals surface area contributed by atoms with Crippen molar-refractivity contribution in [1.29, 1.82) is 0 Å². The fourth-order valence-electron chi connectivity index (χ4n) is 8.47. The van der Waals surface area contributed by atoms with Crippen LogP contribution in [-0.2, 0) is 0 Å². The first-order chi connectivity index (χ1) is 30.7. The number of fused-ring (bicyclic) bond motifs is 3. The minimum Gasteiger partial charge on any atom is -0.248 e. The summed E-state index contributed by atoms with van der Waals surface area (Å²) in [7, 11) is 0. The first-order valence-electron chi connectivity index (χ1n) is 21.0. The SMILES string of the molecule is c1ccc(-c2ccc(-c3cc(-c4ccc(-c5cccc(-c6cc(-c7ccccc7)c7c(ccc8ccccc87)n6)c5)cc4)nc(-c4ccc(-c5ccccc5)cc4)n3)cc2)cc1. The zero-order valence-electron chi connectivity index (χ0n) is 33.9. The van der Waals surface area contributed by atoms with E-state index in [1.165, 1.54) is 44.0 Å². The predicted molar refractivity (Wildman–Crippen MR) is 258 cm³/mol. The van der Waals surface area contributed by atoms with Gasteiger partial charge in [-0.1, -0.05) is 212 Å². The van der Waals surface area contributed by atoms with Gasteiger partial charge in [-0.15, -0.1) is 0 Å². The summed E-state index contributed by atoms with van der Waals surface area (Å²) >= 11 is 0. The molecule has 0 amide bonds. The Morgan fingerprint density at radius 1 is 0.242 bits per heavy atom. The minimum atomic E-state index is 0.687. The maximum Gasteiger partial charge on any atom is 0.160 e.